The highest BCUT2D eigenvalue weighted by Gasteiger charge is 2.24. The third-order valence-corrected chi connectivity index (χ3v) is 11.3. The number of ether oxygens (including phenoxy) is 1. The summed E-state index contributed by atoms with van der Waals surface area (Å²) in [5, 5.41) is 23.8. The fourth-order valence-corrected chi connectivity index (χ4v) is 7.30. The fraction of sp³-hybridized carbons (Fsp3) is 0.627. The van der Waals surface area contributed by atoms with Gasteiger partial charge in [-0.15, -0.1) is 0 Å². The molecule has 6 nitrogen and oxygen atoms in total. The SMILES string of the molecule is CC\C=C/C=C/C=C/C=C\C=C\C=C\CCCCCC(=O)OC(CCCCC/C=C/C=C/C=C/C=C/CCCCC)CC(=O)NC(CO)C(O)CCCCCCCCCCCCCCC. The number of nitrogens with one attached hydrogen (secondary N) is 1. The summed E-state index contributed by atoms with van der Waals surface area (Å²) in [6.45, 7) is 6.27. The molecule has 0 aliphatic heterocycles. The van der Waals surface area contributed by atoms with Gasteiger partial charge in [0.15, 0.2) is 0 Å². The van der Waals surface area contributed by atoms with E-state index in [0.29, 0.717) is 19.3 Å². The van der Waals surface area contributed by atoms with Gasteiger partial charge in [-0.3, -0.25) is 9.59 Å². The van der Waals surface area contributed by atoms with E-state index in [1.54, 1.807) is 0 Å². The molecule has 0 aromatic carbocycles. The second kappa shape index (κ2) is 51.2. The quantitative estimate of drug-likeness (QED) is 0.0321. The Morgan fingerprint density at radius 1 is 0.462 bits per heavy atom. The third kappa shape index (κ3) is 46.6. The summed E-state index contributed by atoms with van der Waals surface area (Å²) in [6, 6.07) is -0.733. The lowest BCUT2D eigenvalue weighted by Crippen LogP contribution is -2.46. The number of amides is 1. The van der Waals surface area contributed by atoms with Crippen LogP contribution in [0.4, 0.5) is 0 Å². The molecule has 65 heavy (non-hydrogen) atoms. The number of unbranched alkanes of at least 4 members (excludes halogenated alkanes) is 21. The molecule has 3 atom stereocenters. The first kappa shape index (κ1) is 61.3. The average molecular weight is 900 g/mol. The molecule has 0 rings (SSSR count). The molecular weight excluding hydrogens is 803 g/mol. The van der Waals surface area contributed by atoms with Crippen LogP contribution in [0.2, 0.25) is 0 Å². The molecule has 0 bridgehead atoms. The van der Waals surface area contributed by atoms with Crippen molar-refractivity contribution in [1.82, 2.24) is 5.32 Å². The molecular formula is C59H97NO5. The average Bonchev–Trinajstić information content (AvgIpc) is 3.30. The predicted molar refractivity (Wildman–Crippen MR) is 282 cm³/mol. The first-order valence-electron chi connectivity index (χ1n) is 26.4. The van der Waals surface area contributed by atoms with Crippen LogP contribution in [0.3, 0.4) is 0 Å². The van der Waals surface area contributed by atoms with Crippen molar-refractivity contribution in [3.63, 3.8) is 0 Å². The van der Waals surface area contributed by atoms with Gasteiger partial charge in [0.25, 0.3) is 0 Å². The van der Waals surface area contributed by atoms with Crippen molar-refractivity contribution < 1.29 is 24.5 Å². The summed E-state index contributed by atoms with van der Waals surface area (Å²) in [7, 11) is 0. The summed E-state index contributed by atoms with van der Waals surface area (Å²) < 4.78 is 5.90. The molecule has 0 radical (unpaired) electrons. The van der Waals surface area contributed by atoms with Gasteiger partial charge in [-0.05, 0) is 70.6 Å². The number of allylic oxidation sites excluding steroid dienone is 20. The largest absolute Gasteiger partial charge is 0.462 e. The highest BCUT2D eigenvalue weighted by Crippen LogP contribution is 2.17. The Bertz CT molecular complexity index is 1380. The standard InChI is InChI=1S/C59H97NO5/c1-4-7-10-13-16-19-22-25-27-29-31-34-37-40-43-46-49-52-59(64)65-55(50-47-44-41-38-35-33-30-28-26-23-20-17-14-11-8-5-2)53-58(63)60-56(54-61)57(62)51-48-45-42-39-36-32-24-21-18-15-12-9-6-3/h7,10,13,16-17,19-20,22-23,25-31,33-35,37,55-57,61-62H,4-6,8-9,11-12,14-15,18,21,24,32,36,38-54H2,1-3H3,(H,60,63)/b10-7-,16-13+,20-17+,22-19+,26-23+,27-25-,30-28+,31-29+,35-33+,37-34+. The molecule has 6 heteroatoms. The van der Waals surface area contributed by atoms with Gasteiger partial charge in [0.05, 0.1) is 25.2 Å². The molecule has 0 spiro atoms. The van der Waals surface area contributed by atoms with Gasteiger partial charge in [0.1, 0.15) is 6.10 Å². The molecule has 1 amide bonds. The molecule has 3 unspecified atom stereocenters. The van der Waals surface area contributed by atoms with Crippen LogP contribution >= 0.6 is 0 Å². The van der Waals surface area contributed by atoms with Crippen molar-refractivity contribution >= 4 is 11.9 Å². The van der Waals surface area contributed by atoms with Crippen molar-refractivity contribution in [3.8, 4) is 0 Å². The fourth-order valence-electron chi connectivity index (χ4n) is 7.30. The Morgan fingerprint density at radius 2 is 0.831 bits per heavy atom. The van der Waals surface area contributed by atoms with Crippen LogP contribution in [0.1, 0.15) is 213 Å². The van der Waals surface area contributed by atoms with Gasteiger partial charge >= 0.3 is 5.97 Å². The number of hydrogen-bond donors (Lipinski definition) is 3. The monoisotopic (exact) mass is 900 g/mol. The van der Waals surface area contributed by atoms with E-state index in [1.165, 1.54) is 83.5 Å². The number of carbonyl (C=O) groups excluding carboxylic acids is 2. The summed E-state index contributed by atoms with van der Waals surface area (Å²) in [5.41, 5.74) is 0. The topological polar surface area (TPSA) is 95.9 Å². The van der Waals surface area contributed by atoms with E-state index < -0.39 is 18.2 Å². The molecule has 0 aliphatic rings. The number of aliphatic hydroxyl groups is 2. The minimum Gasteiger partial charge on any atom is -0.462 e. The van der Waals surface area contributed by atoms with Crippen LogP contribution in [0, 0.1) is 0 Å². The number of carbonyl (C=O) groups is 2. The maximum atomic E-state index is 13.2. The second-order valence-corrected chi connectivity index (χ2v) is 17.4. The Labute approximate surface area is 400 Å². The zero-order valence-electron chi connectivity index (χ0n) is 41.8. The minimum atomic E-state index is -0.815. The Kier molecular flexibility index (Phi) is 48.3. The van der Waals surface area contributed by atoms with Crippen LogP contribution in [0.25, 0.3) is 0 Å². The van der Waals surface area contributed by atoms with Crippen LogP contribution in [-0.4, -0.2) is 46.9 Å². The first-order chi connectivity index (χ1) is 32.0. The second-order valence-electron chi connectivity index (χ2n) is 17.4. The van der Waals surface area contributed by atoms with Gasteiger partial charge in [0.2, 0.25) is 5.91 Å². The molecule has 0 saturated carbocycles. The van der Waals surface area contributed by atoms with Crippen molar-refractivity contribution in [2.75, 3.05) is 6.61 Å². The van der Waals surface area contributed by atoms with E-state index >= 15 is 0 Å². The lowest BCUT2D eigenvalue weighted by molar-refractivity contribution is -0.151. The van der Waals surface area contributed by atoms with E-state index in [9.17, 15) is 19.8 Å². The van der Waals surface area contributed by atoms with E-state index in [4.69, 9.17) is 4.74 Å². The number of esters is 1. The van der Waals surface area contributed by atoms with Gasteiger partial charge in [-0.1, -0.05) is 251 Å². The Morgan fingerprint density at radius 3 is 1.29 bits per heavy atom. The van der Waals surface area contributed by atoms with E-state index in [-0.39, 0.29) is 24.9 Å². The zero-order valence-corrected chi connectivity index (χ0v) is 41.8. The van der Waals surface area contributed by atoms with E-state index in [0.717, 1.165) is 83.5 Å². The van der Waals surface area contributed by atoms with Crippen molar-refractivity contribution in [2.45, 2.75) is 232 Å². The van der Waals surface area contributed by atoms with Crippen molar-refractivity contribution in [3.05, 3.63) is 122 Å². The summed E-state index contributed by atoms with van der Waals surface area (Å²) in [6.07, 6.45) is 71.0. The smallest absolute Gasteiger partial charge is 0.306 e. The maximum absolute atomic E-state index is 13.2. The van der Waals surface area contributed by atoms with Crippen LogP contribution in [0.15, 0.2) is 122 Å². The van der Waals surface area contributed by atoms with E-state index in [1.807, 2.05) is 72.9 Å². The van der Waals surface area contributed by atoms with Crippen LogP contribution in [-0.2, 0) is 14.3 Å². The van der Waals surface area contributed by atoms with Gasteiger partial charge < -0.3 is 20.3 Å². The van der Waals surface area contributed by atoms with Gasteiger partial charge in [-0.2, -0.15) is 0 Å². The Balaban J connectivity index is 4.80. The molecule has 0 aromatic heterocycles. The Hall–Kier alpha value is -3.74. The predicted octanol–water partition coefficient (Wildman–Crippen LogP) is 16.1. The number of hydrogen-bond acceptors (Lipinski definition) is 5. The van der Waals surface area contributed by atoms with E-state index in [2.05, 4.69) is 74.7 Å². The first-order valence-corrected chi connectivity index (χ1v) is 26.4. The molecule has 3 N–H and O–H groups in total. The molecule has 368 valence electrons. The highest BCUT2D eigenvalue weighted by atomic mass is 16.5. The molecule has 0 aromatic rings. The van der Waals surface area contributed by atoms with Gasteiger partial charge in [-0.25, -0.2) is 0 Å². The lowest BCUT2D eigenvalue weighted by atomic mass is 10.0. The molecule has 0 aliphatic carbocycles. The van der Waals surface area contributed by atoms with Crippen LogP contribution in [0.5, 0.6) is 0 Å². The van der Waals surface area contributed by atoms with Crippen molar-refractivity contribution in [2.24, 2.45) is 0 Å². The number of aliphatic hydroxyl groups excluding tert-OH is 2. The summed E-state index contributed by atoms with van der Waals surface area (Å²) >= 11 is 0. The summed E-state index contributed by atoms with van der Waals surface area (Å²) in [4.78, 5) is 26.2. The van der Waals surface area contributed by atoms with Crippen molar-refractivity contribution in [1.29, 1.82) is 0 Å². The maximum Gasteiger partial charge on any atom is 0.306 e. The summed E-state index contributed by atoms with van der Waals surface area (Å²) in [5.74, 6) is -0.575. The molecule has 0 heterocycles. The molecule has 0 saturated heterocycles. The normalized spacial score (nSPS) is 14.2. The number of rotatable bonds is 45. The minimum absolute atomic E-state index is 0.0251. The third-order valence-electron chi connectivity index (χ3n) is 11.3. The van der Waals surface area contributed by atoms with Crippen LogP contribution < -0.4 is 5.32 Å². The zero-order chi connectivity index (χ0) is 47.4. The molecule has 0 fully saturated rings. The lowest BCUT2D eigenvalue weighted by Gasteiger charge is -2.24. The van der Waals surface area contributed by atoms with Gasteiger partial charge in [0, 0.05) is 6.42 Å². The highest BCUT2D eigenvalue weighted by molar-refractivity contribution is 5.77.